The van der Waals surface area contributed by atoms with Crippen molar-refractivity contribution in [1.29, 1.82) is 0 Å². The van der Waals surface area contributed by atoms with Crippen LogP contribution in [0, 0.1) is 6.92 Å². The summed E-state index contributed by atoms with van der Waals surface area (Å²) in [5.74, 6) is -2.72. The second-order valence-electron chi connectivity index (χ2n) is 17.8. The van der Waals surface area contributed by atoms with Crippen LogP contribution in [0.25, 0.3) is 0 Å². The molecule has 15 nitrogen and oxygen atoms in total. The van der Waals surface area contributed by atoms with Gasteiger partial charge in [0.1, 0.15) is 11.1 Å². The van der Waals surface area contributed by atoms with Crippen molar-refractivity contribution < 1.29 is 39.0 Å². The van der Waals surface area contributed by atoms with Gasteiger partial charge in [-0.1, -0.05) is 80.1 Å². The van der Waals surface area contributed by atoms with Crippen molar-refractivity contribution in [3.05, 3.63) is 101 Å². The van der Waals surface area contributed by atoms with Crippen LogP contribution in [0.3, 0.4) is 0 Å². The number of fused-ring (bicyclic) bond motifs is 6. The molecule has 3 aromatic rings. The minimum atomic E-state index is -1.60. The Balaban J connectivity index is 1.27. The van der Waals surface area contributed by atoms with E-state index in [1.807, 2.05) is 81.4 Å². The van der Waals surface area contributed by atoms with Crippen molar-refractivity contribution in [2.75, 3.05) is 18.0 Å². The molecule has 4 bridgehead atoms. The summed E-state index contributed by atoms with van der Waals surface area (Å²) >= 11 is 0. The van der Waals surface area contributed by atoms with E-state index in [4.69, 9.17) is 11.5 Å². The first-order valence-corrected chi connectivity index (χ1v) is 20.8. The first-order valence-electron chi connectivity index (χ1n) is 20.8. The molecular formula is C45H53N7O8. The van der Waals surface area contributed by atoms with Crippen LogP contribution < -0.4 is 27.0 Å². The number of amides is 6. The molecule has 8 atom stereocenters. The number of hydrogen-bond donors (Lipinski definition) is 6. The predicted molar refractivity (Wildman–Crippen MR) is 221 cm³/mol. The van der Waals surface area contributed by atoms with Gasteiger partial charge in [0, 0.05) is 53.5 Å². The zero-order valence-electron chi connectivity index (χ0n) is 34.1. The molecule has 316 valence electrons. The van der Waals surface area contributed by atoms with E-state index in [1.54, 1.807) is 0 Å². The van der Waals surface area contributed by atoms with Crippen LogP contribution in [0.5, 0.6) is 0 Å². The van der Waals surface area contributed by atoms with Gasteiger partial charge < -0.3 is 26.6 Å². The van der Waals surface area contributed by atoms with Crippen molar-refractivity contribution >= 4 is 41.5 Å². The zero-order valence-corrected chi connectivity index (χ0v) is 34.1. The van der Waals surface area contributed by atoms with Gasteiger partial charge in [-0.05, 0) is 92.9 Å². The largest absolute Gasteiger partial charge is 0.465 e. The molecule has 0 spiro atoms. The number of anilines is 1. The van der Waals surface area contributed by atoms with Gasteiger partial charge in [-0.2, -0.15) is 0 Å². The lowest BCUT2D eigenvalue weighted by atomic mass is 9.56. The number of carboxylic acid groups (broad SMARTS) is 2. The van der Waals surface area contributed by atoms with E-state index < -0.39 is 57.7 Å². The van der Waals surface area contributed by atoms with Crippen LogP contribution in [-0.2, 0) is 41.1 Å². The van der Waals surface area contributed by atoms with Crippen molar-refractivity contribution in [3.63, 3.8) is 0 Å². The SMILES string of the molecule is Cc1ccc(N2[C@@H](C3CCCN3[C@@]3(C(=O)NC(=O)O)c4ccc(cc4)C3(C)CC(N)=O)CC[C@@H]2C2CCCN2[C@@]2(C(=O)NC(=O)O)c3ccc(cc3)C2(C)CC(N)=O)cc1. The van der Waals surface area contributed by atoms with Crippen LogP contribution in [-0.4, -0.2) is 93.1 Å². The number of aryl methyl sites for hydroxylation is 1. The molecule has 3 fully saturated rings. The summed E-state index contributed by atoms with van der Waals surface area (Å²) in [7, 11) is 0. The number of nitrogens with one attached hydrogen (secondary N) is 2. The first kappa shape index (κ1) is 41.0. The normalized spacial score (nSPS) is 31.9. The molecule has 8 N–H and O–H groups in total. The predicted octanol–water partition coefficient (Wildman–Crippen LogP) is 3.93. The van der Waals surface area contributed by atoms with Crippen LogP contribution in [0.1, 0.15) is 93.0 Å². The van der Waals surface area contributed by atoms with E-state index in [9.17, 15) is 39.0 Å². The Labute approximate surface area is 348 Å². The molecule has 3 aliphatic heterocycles. The van der Waals surface area contributed by atoms with Gasteiger partial charge in [0.15, 0.2) is 0 Å². The molecule has 10 rings (SSSR count). The van der Waals surface area contributed by atoms with Crippen LogP contribution in [0.15, 0.2) is 72.8 Å². The fourth-order valence-electron chi connectivity index (χ4n) is 12.7. The summed E-state index contributed by atoms with van der Waals surface area (Å²) < 4.78 is 0. The number of benzene rings is 3. The summed E-state index contributed by atoms with van der Waals surface area (Å²) in [6, 6.07) is 22.0. The maximum Gasteiger partial charge on any atom is 0.411 e. The minimum absolute atomic E-state index is 0.200. The molecular weight excluding hydrogens is 767 g/mol. The van der Waals surface area contributed by atoms with Gasteiger partial charge in [0.05, 0.1) is 0 Å². The van der Waals surface area contributed by atoms with Crippen molar-refractivity contribution in [2.24, 2.45) is 11.5 Å². The highest BCUT2D eigenvalue weighted by Gasteiger charge is 2.67. The van der Waals surface area contributed by atoms with Crippen molar-refractivity contribution in [3.8, 4) is 0 Å². The Morgan fingerprint density at radius 2 is 0.950 bits per heavy atom. The van der Waals surface area contributed by atoms with E-state index in [1.165, 1.54) is 0 Å². The highest BCUT2D eigenvalue weighted by molar-refractivity contribution is 6.01. The Morgan fingerprint density at radius 1 is 0.583 bits per heavy atom. The Hall–Kier alpha value is -5.80. The highest BCUT2D eigenvalue weighted by atomic mass is 16.4. The lowest BCUT2D eigenvalue weighted by Crippen LogP contribution is -2.72. The third kappa shape index (κ3) is 5.83. The van der Waals surface area contributed by atoms with Crippen LogP contribution >= 0.6 is 0 Å². The molecule has 0 saturated carbocycles. The lowest BCUT2D eigenvalue weighted by Gasteiger charge is -2.58. The average Bonchev–Trinajstić information content (AvgIpc) is 3.95. The van der Waals surface area contributed by atoms with E-state index in [-0.39, 0.29) is 37.0 Å². The maximum atomic E-state index is 14.8. The fourth-order valence-corrected chi connectivity index (χ4v) is 12.7. The number of carbonyl (C=O) groups is 6. The van der Waals surface area contributed by atoms with Crippen molar-refractivity contribution in [2.45, 2.75) is 118 Å². The van der Waals surface area contributed by atoms with Gasteiger partial charge in [0.2, 0.25) is 11.8 Å². The molecule has 3 heterocycles. The standard InChI is InChI=1S/C45H53N7O8/c1-26-8-18-31(19-9-26)52-34(32-6-4-22-50(32)44(38(55)48-40(57)58)29-14-10-27(11-15-29)42(44,2)24-36(46)53)20-21-35(52)33-7-5-23-51(33)45(39(56)49-41(59)60)30-16-12-28(13-17-30)43(45,3)25-37(47)54/h8-19,32-35H,4-7,20-25H2,1-3H3,(H2,46,53)(H2,47,54)(H,48,55)(H,49,56)(H,57,58)(H,59,60)/t32?,33?,34-,35-,42?,43?,44-,45-/m1/s1. The van der Waals surface area contributed by atoms with Gasteiger partial charge in [0.25, 0.3) is 11.8 Å². The summed E-state index contributed by atoms with van der Waals surface area (Å²) in [4.78, 5) is 86.6. The third-order valence-electron chi connectivity index (χ3n) is 14.8. The molecule has 3 saturated heterocycles. The number of nitrogens with two attached hydrogens (primary N) is 2. The summed E-state index contributed by atoms with van der Waals surface area (Å²) in [5, 5.41) is 24.4. The average molecular weight is 820 g/mol. The lowest BCUT2D eigenvalue weighted by molar-refractivity contribution is -0.144. The Bertz CT molecular complexity index is 2120. The third-order valence-corrected chi connectivity index (χ3v) is 14.8. The molecule has 3 aromatic carbocycles. The molecule has 6 amide bonds. The van der Waals surface area contributed by atoms with Gasteiger partial charge in [-0.25, -0.2) is 9.59 Å². The minimum Gasteiger partial charge on any atom is -0.465 e. The van der Waals surface area contributed by atoms with Crippen LogP contribution in [0.4, 0.5) is 15.3 Å². The number of imide groups is 2. The van der Waals surface area contributed by atoms with Gasteiger partial charge in [-0.3, -0.25) is 39.6 Å². The number of nitrogens with zero attached hydrogens (tertiary/aromatic N) is 3. The summed E-state index contributed by atoms with van der Waals surface area (Å²) in [6.45, 7) is 6.55. The Kier molecular flexibility index (Phi) is 10.1. The highest BCUT2D eigenvalue weighted by Crippen LogP contribution is 2.58. The quantitative estimate of drug-likeness (QED) is 0.162. The number of likely N-dealkylation sites (tertiary alicyclic amines) is 2. The maximum absolute atomic E-state index is 14.8. The fraction of sp³-hybridized carbons (Fsp3) is 0.467. The van der Waals surface area contributed by atoms with Crippen molar-refractivity contribution in [1.82, 2.24) is 20.4 Å². The molecule has 7 aliphatic rings. The van der Waals surface area contributed by atoms with Gasteiger partial charge in [-0.15, -0.1) is 0 Å². The monoisotopic (exact) mass is 819 g/mol. The second kappa shape index (κ2) is 14.7. The molecule has 0 aromatic heterocycles. The Morgan fingerprint density at radius 3 is 1.30 bits per heavy atom. The van der Waals surface area contributed by atoms with Crippen LogP contribution in [0.2, 0.25) is 0 Å². The molecule has 15 heteroatoms. The molecule has 60 heavy (non-hydrogen) atoms. The second-order valence-corrected chi connectivity index (χ2v) is 17.8. The van der Waals surface area contributed by atoms with E-state index in [2.05, 4.69) is 37.5 Å². The molecule has 4 unspecified atom stereocenters. The first-order chi connectivity index (χ1) is 28.5. The zero-order chi connectivity index (χ0) is 42.9. The number of rotatable bonds is 11. The number of primary amides is 2. The van der Waals surface area contributed by atoms with E-state index in [0.29, 0.717) is 73.9 Å². The summed E-state index contributed by atoms with van der Waals surface area (Å²) in [6.07, 6.45) is 0.696. The summed E-state index contributed by atoms with van der Waals surface area (Å²) in [5.41, 5.74) is 10.8. The van der Waals surface area contributed by atoms with E-state index >= 15 is 0 Å². The van der Waals surface area contributed by atoms with Gasteiger partial charge >= 0.3 is 12.2 Å². The topological polar surface area (TPSA) is 229 Å². The number of hydrogen-bond acceptors (Lipinski definition) is 9. The van der Waals surface area contributed by atoms with E-state index in [0.717, 1.165) is 11.3 Å². The molecule has 0 radical (unpaired) electrons. The number of carbonyl (C=O) groups excluding carboxylic acids is 4. The smallest absolute Gasteiger partial charge is 0.411 e. The molecule has 4 aliphatic carbocycles.